The molecule has 0 bridgehead atoms. The van der Waals surface area contributed by atoms with Crippen LogP contribution in [0.2, 0.25) is 0 Å². The average molecular weight is 317 g/mol. The van der Waals surface area contributed by atoms with Gasteiger partial charge in [0.15, 0.2) is 0 Å². The molecule has 2 rings (SSSR count). The van der Waals surface area contributed by atoms with Crippen LogP contribution in [0.5, 0.6) is 0 Å². The SMILES string of the molecule is Cc1cc(C)c(S(=O)(=O)N2CCS(=O)CC2)cc1CO. The van der Waals surface area contributed by atoms with Crippen molar-refractivity contribution in [3.63, 3.8) is 0 Å². The fourth-order valence-electron chi connectivity index (χ4n) is 2.32. The van der Waals surface area contributed by atoms with Crippen molar-refractivity contribution < 1.29 is 17.7 Å². The van der Waals surface area contributed by atoms with Gasteiger partial charge < -0.3 is 5.11 Å². The lowest BCUT2D eigenvalue weighted by atomic mass is 10.1. The lowest BCUT2D eigenvalue weighted by molar-refractivity contribution is 0.280. The number of sulfonamides is 1. The number of rotatable bonds is 3. The van der Waals surface area contributed by atoms with E-state index >= 15 is 0 Å². The van der Waals surface area contributed by atoms with Crippen LogP contribution in [0.15, 0.2) is 17.0 Å². The molecular weight excluding hydrogens is 298 g/mol. The number of nitrogens with zero attached hydrogens (tertiary/aromatic N) is 1. The van der Waals surface area contributed by atoms with Crippen LogP contribution in [0.4, 0.5) is 0 Å². The Kier molecular flexibility index (Phi) is 4.63. The van der Waals surface area contributed by atoms with Gasteiger partial charge in [0.2, 0.25) is 10.0 Å². The number of hydrogen-bond donors (Lipinski definition) is 1. The van der Waals surface area contributed by atoms with Crippen molar-refractivity contribution in [1.82, 2.24) is 4.31 Å². The Morgan fingerprint density at radius 3 is 2.35 bits per heavy atom. The molecule has 0 amide bonds. The van der Waals surface area contributed by atoms with Crippen LogP contribution in [0, 0.1) is 13.8 Å². The molecule has 20 heavy (non-hydrogen) atoms. The van der Waals surface area contributed by atoms with Gasteiger partial charge in [0.05, 0.1) is 11.5 Å². The van der Waals surface area contributed by atoms with Crippen molar-refractivity contribution in [2.45, 2.75) is 25.3 Å². The maximum Gasteiger partial charge on any atom is 0.243 e. The fourth-order valence-corrected chi connectivity index (χ4v) is 5.31. The minimum atomic E-state index is -3.58. The molecule has 0 spiro atoms. The van der Waals surface area contributed by atoms with E-state index in [1.807, 2.05) is 6.92 Å². The number of aryl methyl sites for hydroxylation is 2. The van der Waals surface area contributed by atoms with E-state index in [0.717, 1.165) is 5.56 Å². The number of benzene rings is 1. The lowest BCUT2D eigenvalue weighted by Gasteiger charge is -2.26. The standard InChI is InChI=1S/C13H19NO4S2/c1-10-7-11(2)13(8-12(10)9-15)20(17,18)14-3-5-19(16)6-4-14/h7-8,15H,3-6,9H2,1-2H3. The summed E-state index contributed by atoms with van der Waals surface area (Å²) >= 11 is 0. The minimum Gasteiger partial charge on any atom is -0.392 e. The van der Waals surface area contributed by atoms with Crippen LogP contribution in [0.1, 0.15) is 16.7 Å². The molecule has 1 aliphatic heterocycles. The van der Waals surface area contributed by atoms with Crippen molar-refractivity contribution in [3.05, 3.63) is 28.8 Å². The molecule has 0 atom stereocenters. The maximum atomic E-state index is 12.6. The summed E-state index contributed by atoms with van der Waals surface area (Å²) in [6.07, 6.45) is 0. The first kappa shape index (κ1) is 15.6. The largest absolute Gasteiger partial charge is 0.392 e. The van der Waals surface area contributed by atoms with Gasteiger partial charge in [0.1, 0.15) is 0 Å². The molecule has 7 heteroatoms. The van der Waals surface area contributed by atoms with E-state index in [1.165, 1.54) is 4.31 Å². The first-order valence-corrected chi connectivity index (χ1v) is 9.35. The second-order valence-corrected chi connectivity index (χ2v) is 8.56. The lowest BCUT2D eigenvalue weighted by Crippen LogP contribution is -2.41. The highest BCUT2D eigenvalue weighted by atomic mass is 32.2. The van der Waals surface area contributed by atoms with Gasteiger partial charge in [-0.1, -0.05) is 6.07 Å². The van der Waals surface area contributed by atoms with Gasteiger partial charge in [-0.15, -0.1) is 0 Å². The predicted octanol–water partition coefficient (Wildman–Crippen LogP) is 0.549. The maximum absolute atomic E-state index is 12.6. The molecule has 0 aromatic heterocycles. The highest BCUT2D eigenvalue weighted by Gasteiger charge is 2.29. The first-order chi connectivity index (χ1) is 9.36. The summed E-state index contributed by atoms with van der Waals surface area (Å²) in [6, 6.07) is 3.33. The summed E-state index contributed by atoms with van der Waals surface area (Å²) in [5.74, 6) is 0.772. The summed E-state index contributed by atoms with van der Waals surface area (Å²) in [7, 11) is -4.49. The number of aliphatic hydroxyl groups excluding tert-OH is 1. The van der Waals surface area contributed by atoms with Crippen molar-refractivity contribution >= 4 is 20.8 Å². The molecule has 5 nitrogen and oxygen atoms in total. The van der Waals surface area contributed by atoms with E-state index in [2.05, 4.69) is 0 Å². The zero-order valence-electron chi connectivity index (χ0n) is 11.6. The fraction of sp³-hybridized carbons (Fsp3) is 0.538. The molecule has 0 unspecified atom stereocenters. The Bertz CT molecular complexity index is 630. The Morgan fingerprint density at radius 2 is 1.80 bits per heavy atom. The highest BCUT2D eigenvalue weighted by Crippen LogP contribution is 2.24. The average Bonchev–Trinajstić information content (AvgIpc) is 2.39. The second kappa shape index (κ2) is 5.93. The van der Waals surface area contributed by atoms with Gasteiger partial charge in [-0.25, -0.2) is 8.42 Å². The van der Waals surface area contributed by atoms with Gasteiger partial charge in [-0.2, -0.15) is 4.31 Å². The van der Waals surface area contributed by atoms with Gasteiger partial charge in [0, 0.05) is 35.4 Å². The number of hydrogen-bond acceptors (Lipinski definition) is 4. The van der Waals surface area contributed by atoms with Crippen molar-refractivity contribution in [2.24, 2.45) is 0 Å². The van der Waals surface area contributed by atoms with E-state index in [4.69, 9.17) is 0 Å². The summed E-state index contributed by atoms with van der Waals surface area (Å²) in [6.45, 7) is 3.99. The van der Waals surface area contributed by atoms with Gasteiger partial charge >= 0.3 is 0 Å². The van der Waals surface area contributed by atoms with Crippen LogP contribution >= 0.6 is 0 Å². The molecule has 0 saturated carbocycles. The normalized spacial score (nSPS) is 18.4. The zero-order valence-corrected chi connectivity index (χ0v) is 13.3. The van der Waals surface area contributed by atoms with Crippen LogP contribution in [-0.2, 0) is 27.4 Å². The van der Waals surface area contributed by atoms with Crippen molar-refractivity contribution in [2.75, 3.05) is 24.6 Å². The van der Waals surface area contributed by atoms with Gasteiger partial charge in [-0.05, 0) is 36.6 Å². The zero-order chi connectivity index (χ0) is 14.9. The minimum absolute atomic E-state index is 0.182. The van der Waals surface area contributed by atoms with Crippen LogP contribution in [-0.4, -0.2) is 46.6 Å². The van der Waals surface area contributed by atoms with Crippen LogP contribution in [0.3, 0.4) is 0 Å². The quantitative estimate of drug-likeness (QED) is 0.883. The smallest absolute Gasteiger partial charge is 0.243 e. The molecule has 1 aromatic rings. The van der Waals surface area contributed by atoms with E-state index in [-0.39, 0.29) is 24.6 Å². The third kappa shape index (κ3) is 2.95. The monoisotopic (exact) mass is 317 g/mol. The van der Waals surface area contributed by atoms with E-state index in [9.17, 15) is 17.7 Å². The topological polar surface area (TPSA) is 74.7 Å². The molecule has 0 aliphatic carbocycles. The first-order valence-electron chi connectivity index (χ1n) is 6.42. The molecular formula is C13H19NO4S2. The van der Waals surface area contributed by atoms with Crippen molar-refractivity contribution in [3.8, 4) is 0 Å². The third-order valence-corrected chi connectivity index (χ3v) is 6.87. The Hall–Kier alpha value is -0.760. The summed E-state index contributed by atoms with van der Waals surface area (Å²) < 4.78 is 38.0. The van der Waals surface area contributed by atoms with E-state index in [1.54, 1.807) is 19.1 Å². The molecule has 0 radical (unpaired) electrons. The summed E-state index contributed by atoms with van der Waals surface area (Å²) in [5.41, 5.74) is 2.17. The molecule has 1 fully saturated rings. The summed E-state index contributed by atoms with van der Waals surface area (Å²) in [4.78, 5) is 0.236. The molecule has 1 saturated heterocycles. The molecule has 1 N–H and O–H groups in total. The molecule has 1 aromatic carbocycles. The Balaban J connectivity index is 2.41. The molecule has 1 aliphatic rings. The highest BCUT2D eigenvalue weighted by molar-refractivity contribution is 7.89. The third-order valence-electron chi connectivity index (χ3n) is 3.56. The summed E-state index contributed by atoms with van der Waals surface area (Å²) in [5, 5.41) is 9.30. The predicted molar refractivity (Wildman–Crippen MR) is 78.5 cm³/mol. The second-order valence-electron chi connectivity index (χ2n) is 4.95. The Labute approximate surface area is 122 Å². The van der Waals surface area contributed by atoms with Crippen LogP contribution < -0.4 is 0 Å². The Morgan fingerprint density at radius 1 is 1.20 bits per heavy atom. The van der Waals surface area contributed by atoms with Gasteiger partial charge in [0.25, 0.3) is 0 Å². The molecule has 1 heterocycles. The van der Waals surface area contributed by atoms with Crippen LogP contribution in [0.25, 0.3) is 0 Å². The van der Waals surface area contributed by atoms with Gasteiger partial charge in [-0.3, -0.25) is 4.21 Å². The van der Waals surface area contributed by atoms with E-state index < -0.39 is 20.8 Å². The number of aliphatic hydroxyl groups is 1. The van der Waals surface area contributed by atoms with Crippen molar-refractivity contribution in [1.29, 1.82) is 0 Å². The van der Waals surface area contributed by atoms with E-state index in [0.29, 0.717) is 22.6 Å². The molecule has 112 valence electrons.